The third kappa shape index (κ3) is 2.36. The number of nitrogens with zero attached hydrogens (tertiary/aromatic N) is 1. The lowest BCUT2D eigenvalue weighted by atomic mass is 9.92. The number of nitrogens with one attached hydrogen (secondary N) is 1. The van der Waals surface area contributed by atoms with E-state index >= 15 is 0 Å². The lowest BCUT2D eigenvalue weighted by Crippen LogP contribution is -2.40. The van der Waals surface area contributed by atoms with Crippen LogP contribution in [0.15, 0.2) is 54.6 Å². The van der Waals surface area contributed by atoms with E-state index in [4.69, 9.17) is 0 Å². The maximum Gasteiger partial charge on any atom is 0.333 e. The molecule has 0 fully saturated rings. The van der Waals surface area contributed by atoms with Crippen LogP contribution < -0.4 is 5.32 Å². The maximum absolute atomic E-state index is 11.8. The Balaban J connectivity index is 2.06. The molecule has 0 spiro atoms. The molecule has 1 unspecified atom stereocenters. The van der Waals surface area contributed by atoms with Gasteiger partial charge in [-0.2, -0.15) is 4.37 Å². The Morgan fingerprint density at radius 2 is 1.81 bits per heavy atom. The number of carboxylic acid groups (broad SMARTS) is 1. The smallest absolute Gasteiger partial charge is 0.333 e. The fourth-order valence-electron chi connectivity index (χ4n) is 2.23. The fraction of sp³-hybridized carbons (Fsp3) is 0.125. The van der Waals surface area contributed by atoms with Crippen molar-refractivity contribution in [2.24, 2.45) is 0 Å². The molecular formula is C16H14N2O2S. The SMILES string of the molecule is CC(Nc1snc2ccccc12)(C(=O)O)c1ccccc1. The first kappa shape index (κ1) is 13.6. The van der Waals surface area contributed by atoms with Crippen molar-refractivity contribution in [2.45, 2.75) is 12.5 Å². The number of rotatable bonds is 4. The van der Waals surface area contributed by atoms with Gasteiger partial charge in [-0.3, -0.25) is 0 Å². The summed E-state index contributed by atoms with van der Waals surface area (Å²) in [5.41, 5.74) is 0.372. The Morgan fingerprint density at radius 1 is 1.14 bits per heavy atom. The number of aliphatic carboxylic acids is 1. The summed E-state index contributed by atoms with van der Waals surface area (Å²) in [7, 11) is 0. The van der Waals surface area contributed by atoms with E-state index in [0.717, 1.165) is 15.9 Å². The summed E-state index contributed by atoms with van der Waals surface area (Å²) in [5.74, 6) is -0.925. The van der Waals surface area contributed by atoms with E-state index in [1.807, 2.05) is 54.6 Å². The Bertz CT molecular complexity index is 785. The second-order valence-corrected chi connectivity index (χ2v) is 5.72. The lowest BCUT2D eigenvalue weighted by Gasteiger charge is -2.27. The van der Waals surface area contributed by atoms with Gasteiger partial charge in [0.15, 0.2) is 5.54 Å². The molecule has 4 nitrogen and oxygen atoms in total. The molecule has 1 aromatic heterocycles. The molecule has 1 heterocycles. The van der Waals surface area contributed by atoms with E-state index in [2.05, 4.69) is 9.69 Å². The highest BCUT2D eigenvalue weighted by atomic mass is 32.1. The molecule has 3 rings (SSSR count). The summed E-state index contributed by atoms with van der Waals surface area (Å²) in [6, 6.07) is 16.8. The Kier molecular flexibility index (Phi) is 3.35. The molecule has 2 N–H and O–H groups in total. The van der Waals surface area contributed by atoms with Crippen molar-refractivity contribution in [3.05, 3.63) is 60.2 Å². The predicted molar refractivity (Wildman–Crippen MR) is 84.7 cm³/mol. The summed E-state index contributed by atoms with van der Waals surface area (Å²) in [6.07, 6.45) is 0. The maximum atomic E-state index is 11.8. The van der Waals surface area contributed by atoms with Crippen LogP contribution in [0.1, 0.15) is 12.5 Å². The van der Waals surface area contributed by atoms with Crippen molar-refractivity contribution in [1.29, 1.82) is 0 Å². The third-order valence-electron chi connectivity index (χ3n) is 3.53. The molecule has 5 heteroatoms. The molecule has 0 radical (unpaired) electrons. The van der Waals surface area contributed by atoms with Crippen LogP contribution in [0.5, 0.6) is 0 Å². The fourth-order valence-corrected chi connectivity index (χ4v) is 3.10. The first-order chi connectivity index (χ1) is 10.1. The zero-order valence-corrected chi connectivity index (χ0v) is 12.2. The highest BCUT2D eigenvalue weighted by Crippen LogP contribution is 2.33. The van der Waals surface area contributed by atoms with Crippen LogP contribution in [0.25, 0.3) is 10.9 Å². The van der Waals surface area contributed by atoms with Crippen LogP contribution in [-0.2, 0) is 10.3 Å². The van der Waals surface area contributed by atoms with E-state index in [9.17, 15) is 9.90 Å². The van der Waals surface area contributed by atoms with Gasteiger partial charge in [-0.25, -0.2) is 4.79 Å². The van der Waals surface area contributed by atoms with E-state index in [0.29, 0.717) is 5.56 Å². The highest BCUT2D eigenvalue weighted by molar-refractivity contribution is 7.11. The van der Waals surface area contributed by atoms with E-state index in [1.54, 1.807) is 6.92 Å². The van der Waals surface area contributed by atoms with Gasteiger partial charge in [-0.1, -0.05) is 42.5 Å². The average Bonchev–Trinajstić information content (AvgIpc) is 2.91. The second-order valence-electron chi connectivity index (χ2n) is 4.95. The summed E-state index contributed by atoms with van der Waals surface area (Å²) < 4.78 is 4.34. The number of aromatic nitrogens is 1. The van der Waals surface area contributed by atoms with Gasteiger partial charge in [0, 0.05) is 5.39 Å². The molecule has 0 saturated carbocycles. The van der Waals surface area contributed by atoms with Gasteiger partial charge < -0.3 is 10.4 Å². The Hall–Kier alpha value is -2.40. The Morgan fingerprint density at radius 3 is 2.52 bits per heavy atom. The zero-order valence-electron chi connectivity index (χ0n) is 11.4. The Labute approximate surface area is 126 Å². The topological polar surface area (TPSA) is 62.2 Å². The molecule has 3 aromatic rings. The van der Waals surface area contributed by atoms with Gasteiger partial charge in [0.2, 0.25) is 0 Å². The number of benzene rings is 2. The molecule has 21 heavy (non-hydrogen) atoms. The van der Waals surface area contributed by atoms with E-state index in [-0.39, 0.29) is 0 Å². The minimum absolute atomic E-state index is 0.704. The van der Waals surface area contributed by atoms with Gasteiger partial charge in [-0.15, -0.1) is 0 Å². The van der Waals surface area contributed by atoms with Crippen LogP contribution in [0.3, 0.4) is 0 Å². The first-order valence-corrected chi connectivity index (χ1v) is 7.30. The number of carboxylic acids is 1. The highest BCUT2D eigenvalue weighted by Gasteiger charge is 2.36. The molecule has 106 valence electrons. The quantitative estimate of drug-likeness (QED) is 0.771. The summed E-state index contributed by atoms with van der Waals surface area (Å²) in [4.78, 5) is 11.8. The molecule has 0 bridgehead atoms. The third-order valence-corrected chi connectivity index (χ3v) is 4.32. The number of hydrogen-bond donors (Lipinski definition) is 2. The van der Waals surface area contributed by atoms with Crippen molar-refractivity contribution in [3.8, 4) is 0 Å². The predicted octanol–water partition coefficient (Wildman–Crippen LogP) is 3.71. The second kappa shape index (κ2) is 5.18. The number of anilines is 1. The summed E-state index contributed by atoms with van der Waals surface area (Å²) >= 11 is 1.28. The van der Waals surface area contributed by atoms with Crippen molar-refractivity contribution < 1.29 is 9.90 Å². The lowest BCUT2D eigenvalue weighted by molar-refractivity contribution is -0.142. The van der Waals surface area contributed by atoms with Crippen molar-refractivity contribution in [1.82, 2.24) is 4.37 Å². The minimum atomic E-state index is -1.20. The standard InChI is InChI=1S/C16H14N2O2S/c1-16(15(19)20,11-7-3-2-4-8-11)17-14-12-9-5-6-10-13(12)18-21-14/h2-10,17H,1H3,(H,19,20). The van der Waals surface area contributed by atoms with Gasteiger partial charge in [0.25, 0.3) is 0 Å². The molecule has 0 aliphatic heterocycles. The normalized spacial score (nSPS) is 13.8. The monoisotopic (exact) mass is 298 g/mol. The molecule has 1 atom stereocenters. The van der Waals surface area contributed by atoms with Crippen LogP contribution in [-0.4, -0.2) is 15.4 Å². The van der Waals surface area contributed by atoms with Gasteiger partial charge in [0.05, 0.1) is 5.52 Å². The summed E-state index contributed by atoms with van der Waals surface area (Å²) in [6.45, 7) is 1.67. The van der Waals surface area contributed by atoms with Crippen molar-refractivity contribution >= 4 is 33.4 Å². The van der Waals surface area contributed by atoms with E-state index in [1.165, 1.54) is 11.5 Å². The zero-order chi connectivity index (χ0) is 14.9. The molecule has 0 aliphatic rings. The van der Waals surface area contributed by atoms with Crippen LogP contribution in [0, 0.1) is 0 Å². The minimum Gasteiger partial charge on any atom is -0.479 e. The molecule has 0 amide bonds. The molecule has 2 aromatic carbocycles. The summed E-state index contributed by atoms with van der Waals surface area (Å²) in [5, 5.41) is 14.5. The van der Waals surface area contributed by atoms with Crippen molar-refractivity contribution in [3.63, 3.8) is 0 Å². The average molecular weight is 298 g/mol. The number of fused-ring (bicyclic) bond motifs is 1. The molecule has 0 saturated heterocycles. The number of carbonyl (C=O) groups is 1. The number of hydrogen-bond acceptors (Lipinski definition) is 4. The largest absolute Gasteiger partial charge is 0.479 e. The van der Waals surface area contributed by atoms with Crippen LogP contribution in [0.4, 0.5) is 5.00 Å². The van der Waals surface area contributed by atoms with Gasteiger partial charge in [0.1, 0.15) is 5.00 Å². The van der Waals surface area contributed by atoms with Crippen LogP contribution >= 0.6 is 11.5 Å². The molecule has 0 aliphatic carbocycles. The molecular weight excluding hydrogens is 284 g/mol. The van der Waals surface area contributed by atoms with Gasteiger partial charge >= 0.3 is 5.97 Å². The van der Waals surface area contributed by atoms with Crippen molar-refractivity contribution in [2.75, 3.05) is 5.32 Å². The first-order valence-electron chi connectivity index (χ1n) is 6.53. The van der Waals surface area contributed by atoms with E-state index < -0.39 is 11.5 Å². The van der Waals surface area contributed by atoms with Gasteiger partial charge in [-0.05, 0) is 36.2 Å². The van der Waals surface area contributed by atoms with Crippen LogP contribution in [0.2, 0.25) is 0 Å².